The summed E-state index contributed by atoms with van der Waals surface area (Å²) in [4.78, 5) is 15.0. The lowest BCUT2D eigenvalue weighted by Crippen LogP contribution is -2.34. The molecule has 1 amide bonds. The van der Waals surface area contributed by atoms with E-state index in [1.807, 2.05) is 60.7 Å². The Morgan fingerprint density at radius 3 is 2.42 bits per heavy atom. The molecular formula is C22H21NO3. The first-order valence-corrected chi connectivity index (χ1v) is 8.41. The topological polar surface area (TPSA) is 42.7 Å². The molecule has 3 aromatic rings. The lowest BCUT2D eigenvalue weighted by Gasteiger charge is -2.31. The summed E-state index contributed by atoms with van der Waals surface area (Å²) in [7, 11) is 1.62. The molecule has 0 saturated heterocycles. The summed E-state index contributed by atoms with van der Waals surface area (Å²) in [5.41, 5.74) is 1.80. The second-order valence-corrected chi connectivity index (χ2v) is 5.80. The average molecular weight is 347 g/mol. The van der Waals surface area contributed by atoms with Crippen LogP contribution >= 0.6 is 0 Å². The molecule has 26 heavy (non-hydrogen) atoms. The van der Waals surface area contributed by atoms with E-state index in [9.17, 15) is 4.79 Å². The Morgan fingerprint density at radius 2 is 1.85 bits per heavy atom. The smallest absolute Gasteiger partial charge is 0.294 e. The minimum Gasteiger partial charge on any atom is -0.497 e. The zero-order valence-corrected chi connectivity index (χ0v) is 14.7. The maximum atomic E-state index is 13.2. The van der Waals surface area contributed by atoms with E-state index in [0.717, 1.165) is 17.0 Å². The number of hydrogen-bond donors (Lipinski definition) is 0. The van der Waals surface area contributed by atoms with Crippen molar-refractivity contribution in [2.24, 2.45) is 0 Å². The van der Waals surface area contributed by atoms with Gasteiger partial charge in [0.05, 0.1) is 19.4 Å². The van der Waals surface area contributed by atoms with E-state index in [2.05, 4.69) is 6.58 Å². The van der Waals surface area contributed by atoms with Crippen molar-refractivity contribution in [3.05, 3.63) is 97.0 Å². The van der Waals surface area contributed by atoms with Crippen LogP contribution in [0, 0.1) is 0 Å². The van der Waals surface area contributed by atoms with Gasteiger partial charge in [0.2, 0.25) is 0 Å². The molecule has 0 N–H and O–H groups in total. The van der Waals surface area contributed by atoms with Crippen LogP contribution in [0.5, 0.6) is 5.75 Å². The second-order valence-electron chi connectivity index (χ2n) is 5.80. The lowest BCUT2D eigenvalue weighted by atomic mass is 10.0. The molecule has 1 aromatic heterocycles. The van der Waals surface area contributed by atoms with Crippen LogP contribution in [0.2, 0.25) is 0 Å². The lowest BCUT2D eigenvalue weighted by molar-refractivity contribution is 0.0949. The van der Waals surface area contributed by atoms with Gasteiger partial charge in [-0.3, -0.25) is 9.69 Å². The third kappa shape index (κ3) is 3.70. The molecule has 3 rings (SSSR count). The highest BCUT2D eigenvalue weighted by molar-refractivity contribution is 6.04. The normalized spacial score (nSPS) is 11.6. The minimum absolute atomic E-state index is 0.195. The van der Waals surface area contributed by atoms with Gasteiger partial charge in [-0.1, -0.05) is 36.4 Å². The van der Waals surface area contributed by atoms with Crippen LogP contribution in [0.1, 0.15) is 28.6 Å². The SMILES string of the molecule is C=CCC(c1ccccc1)N(C(=O)c1ccco1)c1ccc(OC)cc1. The molecule has 1 atom stereocenters. The highest BCUT2D eigenvalue weighted by Gasteiger charge is 2.28. The molecule has 0 aliphatic heterocycles. The minimum atomic E-state index is -0.198. The quantitative estimate of drug-likeness (QED) is 0.548. The maximum Gasteiger partial charge on any atom is 0.294 e. The Bertz CT molecular complexity index is 839. The van der Waals surface area contributed by atoms with E-state index in [-0.39, 0.29) is 11.9 Å². The highest BCUT2D eigenvalue weighted by Crippen LogP contribution is 2.33. The molecule has 0 aliphatic rings. The van der Waals surface area contributed by atoms with Crippen LogP contribution in [0.4, 0.5) is 5.69 Å². The Kier molecular flexibility index (Phi) is 5.54. The van der Waals surface area contributed by atoms with E-state index in [0.29, 0.717) is 12.2 Å². The van der Waals surface area contributed by atoms with E-state index in [1.54, 1.807) is 24.1 Å². The van der Waals surface area contributed by atoms with Crippen molar-refractivity contribution in [2.45, 2.75) is 12.5 Å². The van der Waals surface area contributed by atoms with Gasteiger partial charge in [-0.2, -0.15) is 0 Å². The zero-order valence-electron chi connectivity index (χ0n) is 14.7. The number of nitrogens with zero attached hydrogens (tertiary/aromatic N) is 1. The van der Waals surface area contributed by atoms with Crippen molar-refractivity contribution in [3.63, 3.8) is 0 Å². The first kappa shape index (κ1) is 17.5. The van der Waals surface area contributed by atoms with Crippen LogP contribution < -0.4 is 9.64 Å². The fourth-order valence-corrected chi connectivity index (χ4v) is 2.92. The summed E-state index contributed by atoms with van der Waals surface area (Å²) in [6.07, 6.45) is 3.94. The highest BCUT2D eigenvalue weighted by atomic mass is 16.5. The van der Waals surface area contributed by atoms with Crippen LogP contribution in [-0.4, -0.2) is 13.0 Å². The van der Waals surface area contributed by atoms with E-state index >= 15 is 0 Å². The number of carbonyl (C=O) groups excluding carboxylic acids is 1. The number of rotatable bonds is 7. The monoisotopic (exact) mass is 347 g/mol. The van der Waals surface area contributed by atoms with Gasteiger partial charge in [0.25, 0.3) is 5.91 Å². The molecule has 4 nitrogen and oxygen atoms in total. The molecule has 0 saturated carbocycles. The van der Waals surface area contributed by atoms with Crippen LogP contribution in [0.15, 0.2) is 90.1 Å². The molecule has 2 aromatic carbocycles. The fourth-order valence-electron chi connectivity index (χ4n) is 2.92. The van der Waals surface area contributed by atoms with Crippen molar-refractivity contribution in [2.75, 3.05) is 12.0 Å². The van der Waals surface area contributed by atoms with Gasteiger partial charge >= 0.3 is 0 Å². The molecule has 0 bridgehead atoms. The third-order valence-electron chi connectivity index (χ3n) is 4.19. The van der Waals surface area contributed by atoms with Crippen LogP contribution in [0.25, 0.3) is 0 Å². The predicted octanol–water partition coefficient (Wildman–Crippen LogP) is 5.25. The molecule has 4 heteroatoms. The van der Waals surface area contributed by atoms with E-state index in [4.69, 9.17) is 9.15 Å². The van der Waals surface area contributed by atoms with Crippen molar-refractivity contribution >= 4 is 11.6 Å². The standard InChI is InChI=1S/C22H21NO3/c1-3-8-20(17-9-5-4-6-10-17)23(22(24)21-11-7-16-26-21)18-12-14-19(25-2)15-13-18/h3-7,9-16,20H,1,8H2,2H3. The first-order valence-electron chi connectivity index (χ1n) is 8.41. The van der Waals surface area contributed by atoms with Gasteiger partial charge in [0.15, 0.2) is 5.76 Å². The van der Waals surface area contributed by atoms with Crippen molar-refractivity contribution < 1.29 is 13.9 Å². The van der Waals surface area contributed by atoms with E-state index in [1.165, 1.54) is 6.26 Å². The molecular weight excluding hydrogens is 326 g/mol. The number of anilines is 1. The molecule has 0 spiro atoms. The molecule has 1 unspecified atom stereocenters. The summed E-state index contributed by atoms with van der Waals surface area (Å²) in [6.45, 7) is 3.87. The number of ether oxygens (including phenoxy) is 1. The maximum absolute atomic E-state index is 13.2. The average Bonchev–Trinajstić information content (AvgIpc) is 3.23. The summed E-state index contributed by atoms with van der Waals surface area (Å²) in [5, 5.41) is 0. The van der Waals surface area contributed by atoms with E-state index < -0.39 is 0 Å². The number of benzene rings is 2. The van der Waals surface area contributed by atoms with Gasteiger partial charge in [0.1, 0.15) is 5.75 Å². The summed E-state index contributed by atoms with van der Waals surface area (Å²) >= 11 is 0. The van der Waals surface area contributed by atoms with Crippen molar-refractivity contribution in [1.29, 1.82) is 0 Å². The third-order valence-corrected chi connectivity index (χ3v) is 4.19. The summed E-state index contributed by atoms with van der Waals surface area (Å²) < 4.78 is 10.6. The Balaban J connectivity index is 2.08. The Hall–Kier alpha value is -3.27. The molecule has 1 heterocycles. The number of carbonyl (C=O) groups is 1. The zero-order chi connectivity index (χ0) is 18.4. The Morgan fingerprint density at radius 1 is 1.12 bits per heavy atom. The largest absolute Gasteiger partial charge is 0.497 e. The fraction of sp³-hybridized carbons (Fsp3) is 0.136. The van der Waals surface area contributed by atoms with Gasteiger partial charge in [-0.25, -0.2) is 0 Å². The van der Waals surface area contributed by atoms with Crippen LogP contribution in [-0.2, 0) is 0 Å². The molecule has 0 fully saturated rings. The number of amides is 1. The molecule has 0 aliphatic carbocycles. The Labute approximate surface area is 153 Å². The van der Waals surface area contributed by atoms with Gasteiger partial charge in [0, 0.05) is 5.69 Å². The predicted molar refractivity (Wildman–Crippen MR) is 103 cm³/mol. The molecule has 132 valence electrons. The number of hydrogen-bond acceptors (Lipinski definition) is 3. The summed E-state index contributed by atoms with van der Waals surface area (Å²) in [6, 6.07) is 20.5. The van der Waals surface area contributed by atoms with Crippen molar-refractivity contribution in [3.8, 4) is 5.75 Å². The van der Waals surface area contributed by atoms with Crippen molar-refractivity contribution in [1.82, 2.24) is 0 Å². The van der Waals surface area contributed by atoms with Crippen LogP contribution in [0.3, 0.4) is 0 Å². The summed E-state index contributed by atoms with van der Waals surface area (Å²) in [5.74, 6) is 0.834. The van der Waals surface area contributed by atoms with Gasteiger partial charge in [-0.05, 0) is 48.4 Å². The number of furan rings is 1. The number of methoxy groups -OCH3 is 1. The molecule has 0 radical (unpaired) electrons. The van der Waals surface area contributed by atoms with Gasteiger partial charge < -0.3 is 9.15 Å². The van der Waals surface area contributed by atoms with Gasteiger partial charge in [-0.15, -0.1) is 6.58 Å². The first-order chi connectivity index (χ1) is 12.7. The second kappa shape index (κ2) is 8.21.